The fourth-order valence-corrected chi connectivity index (χ4v) is 3.17. The first-order valence-corrected chi connectivity index (χ1v) is 7.91. The molecule has 0 unspecified atom stereocenters. The standard InChI is InChI=1S/C13H17N3OS2/c1-10-5-3-6-11(9-10)17-7-4-8-18-13-16-15-12(14-2)19-13/h3,5-6,9H,4,7-8H2,1-2H3,(H,14,15). The number of nitrogens with zero attached hydrogens (tertiary/aromatic N) is 2. The monoisotopic (exact) mass is 295 g/mol. The molecule has 0 fully saturated rings. The molecule has 0 saturated carbocycles. The second-order valence-corrected chi connectivity index (χ2v) is 6.31. The van der Waals surface area contributed by atoms with E-state index in [2.05, 4.69) is 34.6 Å². The number of thioether (sulfide) groups is 1. The van der Waals surface area contributed by atoms with E-state index in [1.807, 2.05) is 19.2 Å². The minimum Gasteiger partial charge on any atom is -0.494 e. The summed E-state index contributed by atoms with van der Waals surface area (Å²) in [6, 6.07) is 8.12. The Morgan fingerprint density at radius 3 is 3.00 bits per heavy atom. The first-order valence-electron chi connectivity index (χ1n) is 6.11. The van der Waals surface area contributed by atoms with Crippen LogP contribution in [-0.4, -0.2) is 29.6 Å². The van der Waals surface area contributed by atoms with E-state index in [0.717, 1.165) is 34.0 Å². The number of hydrogen-bond acceptors (Lipinski definition) is 6. The summed E-state index contributed by atoms with van der Waals surface area (Å²) in [5.74, 6) is 1.93. The molecule has 0 aliphatic rings. The van der Waals surface area contributed by atoms with Crippen molar-refractivity contribution in [3.05, 3.63) is 29.8 Å². The summed E-state index contributed by atoms with van der Waals surface area (Å²) in [6.45, 7) is 2.80. The maximum atomic E-state index is 5.69. The zero-order chi connectivity index (χ0) is 13.5. The molecule has 0 amide bonds. The third-order valence-electron chi connectivity index (χ3n) is 2.39. The summed E-state index contributed by atoms with van der Waals surface area (Å²) in [5.41, 5.74) is 1.22. The highest BCUT2D eigenvalue weighted by Crippen LogP contribution is 2.25. The average Bonchev–Trinajstić information content (AvgIpc) is 2.86. The molecule has 19 heavy (non-hydrogen) atoms. The van der Waals surface area contributed by atoms with Crippen molar-refractivity contribution in [2.45, 2.75) is 17.7 Å². The molecule has 102 valence electrons. The first-order chi connectivity index (χ1) is 9.28. The minimum atomic E-state index is 0.730. The molecular formula is C13H17N3OS2. The maximum absolute atomic E-state index is 5.69. The molecule has 1 aromatic heterocycles. The summed E-state index contributed by atoms with van der Waals surface area (Å²) >= 11 is 3.30. The molecule has 1 aromatic carbocycles. The Kier molecular flexibility index (Phi) is 5.47. The summed E-state index contributed by atoms with van der Waals surface area (Å²) < 4.78 is 6.69. The Bertz CT molecular complexity index is 516. The average molecular weight is 295 g/mol. The van der Waals surface area contributed by atoms with E-state index in [1.165, 1.54) is 5.56 Å². The zero-order valence-electron chi connectivity index (χ0n) is 11.0. The summed E-state index contributed by atoms with van der Waals surface area (Å²) in [7, 11) is 1.85. The van der Waals surface area contributed by atoms with Gasteiger partial charge >= 0.3 is 0 Å². The van der Waals surface area contributed by atoms with Gasteiger partial charge in [0.15, 0.2) is 4.34 Å². The number of ether oxygens (including phenoxy) is 1. The van der Waals surface area contributed by atoms with Gasteiger partial charge in [-0.25, -0.2) is 0 Å². The first kappa shape index (κ1) is 14.1. The van der Waals surface area contributed by atoms with E-state index < -0.39 is 0 Å². The van der Waals surface area contributed by atoms with Crippen LogP contribution in [0.3, 0.4) is 0 Å². The molecule has 0 spiro atoms. The molecule has 4 nitrogen and oxygen atoms in total. The Morgan fingerprint density at radius 1 is 1.37 bits per heavy atom. The van der Waals surface area contributed by atoms with Gasteiger partial charge in [0.1, 0.15) is 5.75 Å². The van der Waals surface area contributed by atoms with Crippen molar-refractivity contribution in [2.75, 3.05) is 24.7 Å². The molecule has 0 radical (unpaired) electrons. The lowest BCUT2D eigenvalue weighted by molar-refractivity contribution is 0.318. The van der Waals surface area contributed by atoms with Crippen molar-refractivity contribution in [1.29, 1.82) is 0 Å². The maximum Gasteiger partial charge on any atom is 0.206 e. The van der Waals surface area contributed by atoms with Crippen molar-refractivity contribution in [3.8, 4) is 5.75 Å². The number of aryl methyl sites for hydroxylation is 1. The van der Waals surface area contributed by atoms with Crippen LogP contribution in [0.15, 0.2) is 28.6 Å². The molecule has 0 aliphatic carbocycles. The Morgan fingerprint density at radius 2 is 2.26 bits per heavy atom. The zero-order valence-corrected chi connectivity index (χ0v) is 12.7. The van der Waals surface area contributed by atoms with Crippen LogP contribution in [0.4, 0.5) is 5.13 Å². The van der Waals surface area contributed by atoms with Crippen LogP contribution < -0.4 is 10.1 Å². The Hall–Kier alpha value is -1.27. The quantitative estimate of drug-likeness (QED) is 0.626. The third kappa shape index (κ3) is 4.72. The molecule has 1 N–H and O–H groups in total. The third-order valence-corrected chi connectivity index (χ3v) is 4.55. The van der Waals surface area contributed by atoms with Gasteiger partial charge in [-0.3, -0.25) is 0 Å². The molecule has 6 heteroatoms. The van der Waals surface area contributed by atoms with Gasteiger partial charge in [-0.05, 0) is 31.0 Å². The lowest BCUT2D eigenvalue weighted by Gasteiger charge is -2.05. The number of anilines is 1. The van der Waals surface area contributed by atoms with Gasteiger partial charge in [0, 0.05) is 12.8 Å². The lowest BCUT2D eigenvalue weighted by Crippen LogP contribution is -1.98. The Balaban J connectivity index is 1.64. The van der Waals surface area contributed by atoms with Crippen LogP contribution in [-0.2, 0) is 0 Å². The minimum absolute atomic E-state index is 0.730. The Labute approximate surface area is 121 Å². The van der Waals surface area contributed by atoms with Gasteiger partial charge in [0.2, 0.25) is 5.13 Å². The molecule has 0 aliphatic heterocycles. The predicted molar refractivity (Wildman–Crippen MR) is 81.5 cm³/mol. The van der Waals surface area contributed by atoms with Gasteiger partial charge in [-0.1, -0.05) is 35.2 Å². The highest BCUT2D eigenvalue weighted by atomic mass is 32.2. The van der Waals surface area contributed by atoms with E-state index in [4.69, 9.17) is 4.74 Å². The fraction of sp³-hybridized carbons (Fsp3) is 0.385. The van der Waals surface area contributed by atoms with Crippen LogP contribution in [0.5, 0.6) is 5.75 Å². The van der Waals surface area contributed by atoms with E-state index in [-0.39, 0.29) is 0 Å². The molecule has 0 bridgehead atoms. The number of nitrogens with one attached hydrogen (secondary N) is 1. The molecule has 1 heterocycles. The number of hydrogen-bond donors (Lipinski definition) is 1. The van der Waals surface area contributed by atoms with Gasteiger partial charge < -0.3 is 10.1 Å². The van der Waals surface area contributed by atoms with Gasteiger partial charge in [0.25, 0.3) is 0 Å². The fourth-order valence-electron chi connectivity index (χ4n) is 1.48. The largest absolute Gasteiger partial charge is 0.494 e. The predicted octanol–water partition coefficient (Wildman–Crippen LogP) is 3.45. The van der Waals surface area contributed by atoms with Crippen molar-refractivity contribution in [1.82, 2.24) is 10.2 Å². The van der Waals surface area contributed by atoms with E-state index in [0.29, 0.717) is 0 Å². The van der Waals surface area contributed by atoms with E-state index in [1.54, 1.807) is 23.1 Å². The van der Waals surface area contributed by atoms with E-state index >= 15 is 0 Å². The van der Waals surface area contributed by atoms with Crippen LogP contribution in [0, 0.1) is 6.92 Å². The summed E-state index contributed by atoms with van der Waals surface area (Å²) in [6.07, 6.45) is 0.993. The van der Waals surface area contributed by atoms with Crippen LogP contribution >= 0.6 is 23.1 Å². The highest BCUT2D eigenvalue weighted by molar-refractivity contribution is 8.01. The van der Waals surface area contributed by atoms with Crippen LogP contribution in [0.2, 0.25) is 0 Å². The van der Waals surface area contributed by atoms with Gasteiger partial charge in [0.05, 0.1) is 6.61 Å². The molecule has 0 atom stereocenters. The van der Waals surface area contributed by atoms with Crippen LogP contribution in [0.1, 0.15) is 12.0 Å². The SMILES string of the molecule is CNc1nnc(SCCCOc2cccc(C)c2)s1. The number of aromatic nitrogens is 2. The summed E-state index contributed by atoms with van der Waals surface area (Å²) in [4.78, 5) is 0. The number of benzene rings is 1. The summed E-state index contributed by atoms with van der Waals surface area (Å²) in [5, 5.41) is 11.9. The molecule has 0 saturated heterocycles. The van der Waals surface area contributed by atoms with Gasteiger partial charge in [-0.15, -0.1) is 10.2 Å². The molecule has 2 rings (SSSR count). The second kappa shape index (κ2) is 7.35. The van der Waals surface area contributed by atoms with Crippen LogP contribution in [0.25, 0.3) is 0 Å². The number of rotatable bonds is 7. The molecule has 2 aromatic rings. The normalized spacial score (nSPS) is 10.4. The van der Waals surface area contributed by atoms with Crippen molar-refractivity contribution in [3.63, 3.8) is 0 Å². The van der Waals surface area contributed by atoms with Crippen molar-refractivity contribution >= 4 is 28.2 Å². The second-order valence-electron chi connectivity index (χ2n) is 3.99. The highest BCUT2D eigenvalue weighted by Gasteiger charge is 2.02. The van der Waals surface area contributed by atoms with Crippen molar-refractivity contribution < 1.29 is 4.74 Å². The van der Waals surface area contributed by atoms with E-state index in [9.17, 15) is 0 Å². The smallest absolute Gasteiger partial charge is 0.206 e. The lowest BCUT2D eigenvalue weighted by atomic mass is 10.2. The topological polar surface area (TPSA) is 47.0 Å². The van der Waals surface area contributed by atoms with Gasteiger partial charge in [-0.2, -0.15) is 0 Å². The molecular weight excluding hydrogens is 278 g/mol. The van der Waals surface area contributed by atoms with Crippen molar-refractivity contribution in [2.24, 2.45) is 0 Å².